The van der Waals surface area contributed by atoms with Gasteiger partial charge in [0.15, 0.2) is 0 Å². The number of rotatable bonds is 6. The van der Waals surface area contributed by atoms with E-state index in [4.69, 9.17) is 4.74 Å². The normalized spacial score (nSPS) is 11.4. The Morgan fingerprint density at radius 1 is 1.16 bits per heavy atom. The van der Waals surface area contributed by atoms with Gasteiger partial charge in [0, 0.05) is 22.5 Å². The zero-order valence-corrected chi connectivity index (χ0v) is 15.5. The minimum atomic E-state index is -1.11. The number of hydrogen-bond donors (Lipinski definition) is 2. The molecule has 0 saturated carbocycles. The van der Waals surface area contributed by atoms with Crippen molar-refractivity contribution in [2.24, 2.45) is 0 Å². The molecule has 7 heteroatoms. The quantitative estimate of drug-likeness (QED) is 0.399. The molecule has 0 aromatic heterocycles. The molecule has 0 fully saturated rings. The summed E-state index contributed by atoms with van der Waals surface area (Å²) in [4.78, 5) is 34.6. The standard InChI is InChI=1S/C18H16INO5/c1-11(21)25-15-7-5-13(6-8-15)17(22)20-16(18(23)24)10-12-3-2-4-14(19)9-12/h2-9,16H,10H2,1H3,(H,20,22)(H,23,24)/t16-/m1/s1. The van der Waals surface area contributed by atoms with E-state index in [9.17, 15) is 19.5 Å². The number of aliphatic carboxylic acids is 1. The second-order valence-electron chi connectivity index (χ2n) is 5.32. The zero-order valence-electron chi connectivity index (χ0n) is 13.4. The van der Waals surface area contributed by atoms with Crippen molar-refractivity contribution >= 4 is 40.4 Å². The highest BCUT2D eigenvalue weighted by molar-refractivity contribution is 14.1. The molecule has 25 heavy (non-hydrogen) atoms. The van der Waals surface area contributed by atoms with Crippen LogP contribution in [0, 0.1) is 3.57 Å². The fourth-order valence-corrected chi connectivity index (χ4v) is 2.79. The summed E-state index contributed by atoms with van der Waals surface area (Å²) in [5, 5.41) is 11.9. The maximum atomic E-state index is 12.3. The van der Waals surface area contributed by atoms with E-state index in [0.29, 0.717) is 5.75 Å². The molecule has 0 aliphatic rings. The first-order valence-corrected chi connectivity index (χ1v) is 8.49. The first-order chi connectivity index (χ1) is 11.8. The summed E-state index contributed by atoms with van der Waals surface area (Å²) in [5.74, 6) is -1.76. The molecule has 1 atom stereocenters. The molecule has 130 valence electrons. The van der Waals surface area contributed by atoms with Crippen LogP contribution in [0.25, 0.3) is 0 Å². The molecule has 0 unspecified atom stereocenters. The average molecular weight is 453 g/mol. The van der Waals surface area contributed by atoms with Crippen molar-refractivity contribution in [1.82, 2.24) is 5.32 Å². The third-order valence-corrected chi connectivity index (χ3v) is 3.98. The van der Waals surface area contributed by atoms with Gasteiger partial charge in [0.05, 0.1) is 0 Å². The van der Waals surface area contributed by atoms with Gasteiger partial charge in [-0.1, -0.05) is 12.1 Å². The molecular formula is C18H16INO5. The van der Waals surface area contributed by atoms with E-state index in [1.54, 1.807) is 0 Å². The van der Waals surface area contributed by atoms with E-state index in [2.05, 4.69) is 27.9 Å². The molecule has 0 spiro atoms. The summed E-state index contributed by atoms with van der Waals surface area (Å²) < 4.78 is 5.89. The summed E-state index contributed by atoms with van der Waals surface area (Å²) in [5.41, 5.74) is 1.11. The van der Waals surface area contributed by atoms with E-state index in [1.807, 2.05) is 24.3 Å². The Bertz CT molecular complexity index is 788. The molecule has 2 N–H and O–H groups in total. The second kappa shape index (κ2) is 8.61. The van der Waals surface area contributed by atoms with Crippen molar-refractivity contribution in [2.75, 3.05) is 0 Å². The second-order valence-corrected chi connectivity index (χ2v) is 6.56. The van der Waals surface area contributed by atoms with E-state index >= 15 is 0 Å². The van der Waals surface area contributed by atoms with Crippen LogP contribution in [0.3, 0.4) is 0 Å². The van der Waals surface area contributed by atoms with Gasteiger partial charge in [-0.15, -0.1) is 0 Å². The lowest BCUT2D eigenvalue weighted by atomic mass is 10.1. The molecule has 0 saturated heterocycles. The Kier molecular flexibility index (Phi) is 6.51. The van der Waals surface area contributed by atoms with E-state index in [0.717, 1.165) is 9.13 Å². The molecule has 6 nitrogen and oxygen atoms in total. The van der Waals surface area contributed by atoms with Crippen LogP contribution in [-0.4, -0.2) is 29.0 Å². The molecule has 2 rings (SSSR count). The first kappa shape index (κ1) is 18.9. The predicted octanol–water partition coefficient (Wildman–Crippen LogP) is 2.64. The van der Waals surface area contributed by atoms with Crippen LogP contribution in [-0.2, 0) is 16.0 Å². The Labute approximate surface area is 158 Å². The number of hydrogen-bond acceptors (Lipinski definition) is 4. The predicted molar refractivity (Wildman–Crippen MR) is 99.5 cm³/mol. The van der Waals surface area contributed by atoms with Gasteiger partial charge in [0.25, 0.3) is 5.91 Å². The van der Waals surface area contributed by atoms with Crippen LogP contribution < -0.4 is 10.1 Å². The van der Waals surface area contributed by atoms with Crippen molar-refractivity contribution in [3.63, 3.8) is 0 Å². The number of halogens is 1. The number of benzene rings is 2. The van der Waals surface area contributed by atoms with Gasteiger partial charge in [-0.05, 0) is 64.6 Å². The van der Waals surface area contributed by atoms with Gasteiger partial charge >= 0.3 is 11.9 Å². The number of carboxylic acids is 1. The van der Waals surface area contributed by atoms with E-state index in [1.165, 1.54) is 31.2 Å². The highest BCUT2D eigenvalue weighted by Crippen LogP contribution is 2.14. The number of carboxylic acid groups (broad SMARTS) is 1. The molecule has 0 bridgehead atoms. The Morgan fingerprint density at radius 2 is 1.84 bits per heavy atom. The average Bonchev–Trinajstić information content (AvgIpc) is 2.54. The largest absolute Gasteiger partial charge is 0.480 e. The Morgan fingerprint density at radius 3 is 2.40 bits per heavy atom. The maximum Gasteiger partial charge on any atom is 0.326 e. The highest BCUT2D eigenvalue weighted by atomic mass is 127. The minimum Gasteiger partial charge on any atom is -0.480 e. The van der Waals surface area contributed by atoms with Gasteiger partial charge < -0.3 is 15.2 Å². The number of carbonyl (C=O) groups excluding carboxylic acids is 2. The van der Waals surface area contributed by atoms with Gasteiger partial charge in [-0.25, -0.2) is 4.79 Å². The number of ether oxygens (including phenoxy) is 1. The van der Waals surface area contributed by atoms with Crippen LogP contribution in [0.2, 0.25) is 0 Å². The van der Waals surface area contributed by atoms with Crippen LogP contribution in [0.5, 0.6) is 5.75 Å². The summed E-state index contributed by atoms with van der Waals surface area (Å²) in [6.45, 7) is 1.28. The summed E-state index contributed by atoms with van der Waals surface area (Å²) in [6.07, 6.45) is 0.184. The van der Waals surface area contributed by atoms with Crippen molar-refractivity contribution in [2.45, 2.75) is 19.4 Å². The van der Waals surface area contributed by atoms with Crippen LogP contribution in [0.4, 0.5) is 0 Å². The van der Waals surface area contributed by atoms with E-state index in [-0.39, 0.29) is 12.0 Å². The van der Waals surface area contributed by atoms with Gasteiger partial charge in [-0.2, -0.15) is 0 Å². The smallest absolute Gasteiger partial charge is 0.326 e. The Hall–Kier alpha value is -2.42. The summed E-state index contributed by atoms with van der Waals surface area (Å²) in [7, 11) is 0. The molecule has 0 aliphatic heterocycles. The third kappa shape index (κ3) is 5.86. The summed E-state index contributed by atoms with van der Waals surface area (Å²) in [6, 6.07) is 12.3. The fourth-order valence-electron chi connectivity index (χ4n) is 2.18. The molecule has 0 radical (unpaired) electrons. The number of carbonyl (C=O) groups is 3. The molecule has 0 heterocycles. The molecule has 1 amide bonds. The monoisotopic (exact) mass is 453 g/mol. The van der Waals surface area contributed by atoms with Crippen LogP contribution in [0.1, 0.15) is 22.8 Å². The fraction of sp³-hybridized carbons (Fsp3) is 0.167. The maximum absolute atomic E-state index is 12.3. The van der Waals surface area contributed by atoms with Crippen molar-refractivity contribution in [3.8, 4) is 5.75 Å². The van der Waals surface area contributed by atoms with Crippen molar-refractivity contribution in [1.29, 1.82) is 0 Å². The van der Waals surface area contributed by atoms with Crippen molar-refractivity contribution < 1.29 is 24.2 Å². The van der Waals surface area contributed by atoms with Gasteiger partial charge in [-0.3, -0.25) is 9.59 Å². The summed E-state index contributed by atoms with van der Waals surface area (Å²) >= 11 is 2.14. The molecule has 2 aromatic rings. The zero-order chi connectivity index (χ0) is 18.4. The minimum absolute atomic E-state index is 0.184. The molecule has 2 aromatic carbocycles. The third-order valence-electron chi connectivity index (χ3n) is 3.31. The van der Waals surface area contributed by atoms with Gasteiger partial charge in [0.2, 0.25) is 0 Å². The molecular weight excluding hydrogens is 437 g/mol. The lowest BCUT2D eigenvalue weighted by molar-refractivity contribution is -0.139. The van der Waals surface area contributed by atoms with Crippen LogP contribution >= 0.6 is 22.6 Å². The lowest BCUT2D eigenvalue weighted by Crippen LogP contribution is -2.42. The highest BCUT2D eigenvalue weighted by Gasteiger charge is 2.21. The lowest BCUT2D eigenvalue weighted by Gasteiger charge is -2.15. The topological polar surface area (TPSA) is 92.7 Å². The number of amides is 1. The number of nitrogens with one attached hydrogen (secondary N) is 1. The Balaban J connectivity index is 2.07. The molecule has 0 aliphatic carbocycles. The van der Waals surface area contributed by atoms with Crippen LogP contribution in [0.15, 0.2) is 48.5 Å². The van der Waals surface area contributed by atoms with E-state index < -0.39 is 23.9 Å². The first-order valence-electron chi connectivity index (χ1n) is 7.42. The number of esters is 1. The SMILES string of the molecule is CC(=O)Oc1ccc(C(=O)N[C@H](Cc2cccc(I)c2)C(=O)O)cc1. The van der Waals surface area contributed by atoms with Gasteiger partial charge in [0.1, 0.15) is 11.8 Å². The van der Waals surface area contributed by atoms with Crippen molar-refractivity contribution in [3.05, 3.63) is 63.2 Å².